The molecule has 0 heterocycles. The van der Waals surface area contributed by atoms with Crippen LogP contribution in [0.1, 0.15) is 0 Å². The summed E-state index contributed by atoms with van der Waals surface area (Å²) in [6, 6.07) is 0. The van der Waals surface area contributed by atoms with Crippen molar-refractivity contribution >= 4 is 12.6 Å². The molecule has 0 aliphatic heterocycles. The van der Waals surface area contributed by atoms with Gasteiger partial charge in [-0.1, -0.05) is 0 Å². The molecule has 0 radical (unpaired) electrons. The van der Waals surface area contributed by atoms with Crippen LogP contribution in [0.15, 0.2) is 0 Å². The lowest BCUT2D eigenvalue weighted by Crippen LogP contribution is -1.95. The Labute approximate surface area is 39.5 Å². The lowest BCUT2D eigenvalue weighted by Gasteiger charge is -1.77. The summed E-state index contributed by atoms with van der Waals surface area (Å²) in [5, 5.41) is 7.46. The Morgan fingerprint density at radius 2 is 2.14 bits per heavy atom. The van der Waals surface area contributed by atoms with Gasteiger partial charge in [0, 0.05) is 0 Å². The Morgan fingerprint density at radius 1 is 1.71 bits per heavy atom. The number of carbonyl (C=O) groups is 2. The SMILES string of the molecule is N.O=COC(=O)O. The maximum Gasteiger partial charge on any atom is 0.513 e. The fraction of sp³-hybridized carbons (Fsp3) is 0. The van der Waals surface area contributed by atoms with E-state index >= 15 is 0 Å². The highest BCUT2D eigenvalue weighted by Gasteiger charge is 1.87. The largest absolute Gasteiger partial charge is 0.513 e. The molecular weight excluding hydrogens is 102 g/mol. The Morgan fingerprint density at radius 3 is 2.14 bits per heavy atom. The molecule has 0 aromatic carbocycles. The maximum absolute atomic E-state index is 9.15. The fourth-order valence-corrected chi connectivity index (χ4v) is 0.0412. The Balaban J connectivity index is 0. The second-order valence-corrected chi connectivity index (χ2v) is 0.480. The van der Waals surface area contributed by atoms with Gasteiger partial charge < -0.3 is 16.0 Å². The van der Waals surface area contributed by atoms with Crippen LogP contribution in [0.5, 0.6) is 0 Å². The summed E-state index contributed by atoms with van der Waals surface area (Å²) in [6.07, 6.45) is -1.58. The predicted molar refractivity (Wildman–Crippen MR) is 20.2 cm³/mol. The second kappa shape index (κ2) is 4.90. The topological polar surface area (TPSA) is 98.6 Å². The van der Waals surface area contributed by atoms with Gasteiger partial charge >= 0.3 is 12.6 Å². The molecule has 0 amide bonds. The van der Waals surface area contributed by atoms with Crippen molar-refractivity contribution in [1.29, 1.82) is 0 Å². The quantitative estimate of drug-likeness (QED) is 0.279. The van der Waals surface area contributed by atoms with Crippen LogP contribution in [0.2, 0.25) is 0 Å². The smallest absolute Gasteiger partial charge is 0.449 e. The zero-order valence-corrected chi connectivity index (χ0v) is 3.46. The fourth-order valence-electron chi connectivity index (χ4n) is 0.0412. The predicted octanol–water partition coefficient (Wildman–Crippen LogP) is -0.000600. The maximum atomic E-state index is 9.15. The summed E-state index contributed by atoms with van der Waals surface area (Å²) in [5.41, 5.74) is 0. The van der Waals surface area contributed by atoms with Crippen molar-refractivity contribution in [2.45, 2.75) is 0 Å². The molecule has 0 atom stereocenters. The van der Waals surface area contributed by atoms with Crippen LogP contribution >= 0.6 is 0 Å². The molecule has 4 N–H and O–H groups in total. The summed E-state index contributed by atoms with van der Waals surface area (Å²) in [7, 11) is 0. The van der Waals surface area contributed by atoms with Gasteiger partial charge in [-0.05, 0) is 0 Å². The van der Waals surface area contributed by atoms with Crippen molar-refractivity contribution in [3.05, 3.63) is 0 Å². The van der Waals surface area contributed by atoms with Crippen LogP contribution in [0, 0.1) is 0 Å². The molecule has 0 aliphatic carbocycles. The van der Waals surface area contributed by atoms with Crippen molar-refractivity contribution in [3.8, 4) is 0 Å². The Hall–Kier alpha value is -1.10. The average Bonchev–Trinajstić information content (AvgIpc) is 1.35. The van der Waals surface area contributed by atoms with Crippen molar-refractivity contribution in [2.24, 2.45) is 0 Å². The molecule has 5 nitrogen and oxygen atoms in total. The first-order valence-corrected chi connectivity index (χ1v) is 1.10. The third kappa shape index (κ3) is 11.4. The van der Waals surface area contributed by atoms with E-state index in [0.717, 1.165) is 0 Å². The highest BCUT2D eigenvalue weighted by atomic mass is 16.7. The molecule has 0 aromatic heterocycles. The molecule has 42 valence electrons. The minimum atomic E-state index is -1.58. The molecule has 5 heteroatoms. The lowest BCUT2D eigenvalue weighted by atomic mass is 11.3. The minimum Gasteiger partial charge on any atom is -0.449 e. The third-order valence-electron chi connectivity index (χ3n) is 0.149. The number of rotatable bonds is 1. The molecule has 7 heavy (non-hydrogen) atoms. The molecule has 0 aromatic rings. The molecule has 0 saturated heterocycles. The first-order valence-electron chi connectivity index (χ1n) is 1.10. The molecule has 0 saturated carbocycles. The van der Waals surface area contributed by atoms with Gasteiger partial charge in [0.2, 0.25) is 0 Å². The van der Waals surface area contributed by atoms with E-state index in [4.69, 9.17) is 14.7 Å². The number of hydrogen-bond acceptors (Lipinski definition) is 4. The second-order valence-electron chi connectivity index (χ2n) is 0.480. The van der Waals surface area contributed by atoms with E-state index in [9.17, 15) is 0 Å². The van der Waals surface area contributed by atoms with Crippen molar-refractivity contribution in [1.82, 2.24) is 6.15 Å². The van der Waals surface area contributed by atoms with Gasteiger partial charge in [-0.15, -0.1) is 0 Å². The molecule has 0 rings (SSSR count). The van der Waals surface area contributed by atoms with E-state index < -0.39 is 6.16 Å². The van der Waals surface area contributed by atoms with Crippen molar-refractivity contribution in [2.75, 3.05) is 0 Å². The minimum absolute atomic E-state index is 0. The van der Waals surface area contributed by atoms with Gasteiger partial charge in [-0.3, -0.25) is 4.79 Å². The summed E-state index contributed by atoms with van der Waals surface area (Å²) >= 11 is 0. The van der Waals surface area contributed by atoms with E-state index in [-0.39, 0.29) is 12.6 Å². The van der Waals surface area contributed by atoms with Crippen LogP contribution in [0.25, 0.3) is 0 Å². The summed E-state index contributed by atoms with van der Waals surface area (Å²) < 4.78 is 3.28. The van der Waals surface area contributed by atoms with E-state index in [1.54, 1.807) is 0 Å². The third-order valence-corrected chi connectivity index (χ3v) is 0.149. The molecule has 0 bridgehead atoms. The Kier molecular flexibility index (Phi) is 6.52. The van der Waals surface area contributed by atoms with Gasteiger partial charge in [0.1, 0.15) is 0 Å². The average molecular weight is 107 g/mol. The lowest BCUT2D eigenvalue weighted by molar-refractivity contribution is -0.124. The molecule has 0 fully saturated rings. The normalized spacial score (nSPS) is 5.71. The van der Waals surface area contributed by atoms with Crippen LogP contribution in [0.4, 0.5) is 4.79 Å². The Bertz CT molecular complexity index is 70.1. The van der Waals surface area contributed by atoms with Gasteiger partial charge in [0.15, 0.2) is 0 Å². The zero-order valence-electron chi connectivity index (χ0n) is 3.46. The first-order chi connectivity index (χ1) is 2.77. The molecular formula is C2H5NO4. The monoisotopic (exact) mass is 107 g/mol. The standard InChI is InChI=1S/C2H2O4.H3N/c3-1-6-2(4)5;/h1H,(H,4,5);1H3. The highest BCUT2D eigenvalue weighted by Crippen LogP contribution is 1.62. The van der Waals surface area contributed by atoms with E-state index in [1.807, 2.05) is 0 Å². The number of carboxylic acid groups (broad SMARTS) is 1. The van der Waals surface area contributed by atoms with E-state index in [2.05, 4.69) is 4.74 Å². The van der Waals surface area contributed by atoms with Crippen LogP contribution in [0.3, 0.4) is 0 Å². The van der Waals surface area contributed by atoms with Gasteiger partial charge in [0.25, 0.3) is 0 Å². The van der Waals surface area contributed by atoms with Crippen molar-refractivity contribution < 1.29 is 19.4 Å². The van der Waals surface area contributed by atoms with Crippen molar-refractivity contribution in [3.63, 3.8) is 0 Å². The van der Waals surface area contributed by atoms with Gasteiger partial charge in [-0.2, -0.15) is 0 Å². The van der Waals surface area contributed by atoms with Crippen LogP contribution < -0.4 is 6.15 Å². The zero-order chi connectivity index (χ0) is 4.99. The van der Waals surface area contributed by atoms with Crippen LogP contribution in [-0.2, 0) is 9.53 Å². The molecule has 0 unspecified atom stereocenters. The first kappa shape index (κ1) is 9.31. The molecule has 0 spiro atoms. The summed E-state index contributed by atoms with van der Waals surface area (Å²) in [6.45, 7) is -0.150. The van der Waals surface area contributed by atoms with E-state index in [1.165, 1.54) is 0 Å². The van der Waals surface area contributed by atoms with Gasteiger partial charge in [-0.25, -0.2) is 4.79 Å². The van der Waals surface area contributed by atoms with E-state index in [0.29, 0.717) is 0 Å². The number of hydrogen-bond donors (Lipinski definition) is 2. The van der Waals surface area contributed by atoms with Crippen LogP contribution in [-0.4, -0.2) is 17.7 Å². The van der Waals surface area contributed by atoms with Gasteiger partial charge in [0.05, 0.1) is 0 Å². The number of carbonyl (C=O) groups excluding carboxylic acids is 1. The number of ether oxygens (including phenoxy) is 1. The highest BCUT2D eigenvalue weighted by molar-refractivity contribution is 5.66. The summed E-state index contributed by atoms with van der Waals surface area (Å²) in [4.78, 5) is 18.2. The summed E-state index contributed by atoms with van der Waals surface area (Å²) in [5.74, 6) is 0. The molecule has 0 aliphatic rings.